The number of nitrogens with zero attached hydrogens (tertiary/aromatic N) is 1. The monoisotopic (exact) mass is 408 g/mol. The number of carbonyl (C=O) groups is 3. The van der Waals surface area contributed by atoms with Crippen LogP contribution in [-0.2, 0) is 4.79 Å². The summed E-state index contributed by atoms with van der Waals surface area (Å²) in [4.78, 5) is 39.9. The van der Waals surface area contributed by atoms with Gasteiger partial charge in [0.1, 0.15) is 6.04 Å². The minimum atomic E-state index is -0.589. The standard InChI is InChI=1S/C20H32N4O3S/c1-5-10-21-18(26)16(22-17(25)15-7-6-13-28-15)14-8-11-24(12-9-14)19(27)23-20(2,3)4/h6-7,13-14,16H,5,8-12H2,1-4H3,(H,21,26)(H,22,25)(H,23,27)/t16-/m0/s1. The molecule has 1 aromatic rings. The van der Waals surface area contributed by atoms with Crippen molar-refractivity contribution in [2.24, 2.45) is 5.92 Å². The Labute approximate surface area is 171 Å². The van der Waals surface area contributed by atoms with Gasteiger partial charge in [0.15, 0.2) is 0 Å². The van der Waals surface area contributed by atoms with E-state index < -0.39 is 6.04 Å². The van der Waals surface area contributed by atoms with E-state index in [-0.39, 0.29) is 29.3 Å². The Morgan fingerprint density at radius 1 is 1.25 bits per heavy atom. The minimum Gasteiger partial charge on any atom is -0.354 e. The van der Waals surface area contributed by atoms with Crippen LogP contribution in [0.5, 0.6) is 0 Å². The summed E-state index contributed by atoms with van der Waals surface area (Å²) >= 11 is 1.35. The topological polar surface area (TPSA) is 90.5 Å². The lowest BCUT2D eigenvalue weighted by molar-refractivity contribution is -0.124. The molecule has 1 atom stereocenters. The summed E-state index contributed by atoms with van der Waals surface area (Å²) in [6.45, 7) is 9.56. The molecule has 0 saturated carbocycles. The molecule has 0 bridgehead atoms. The summed E-state index contributed by atoms with van der Waals surface area (Å²) in [7, 11) is 0. The van der Waals surface area contributed by atoms with E-state index in [1.54, 1.807) is 11.0 Å². The largest absolute Gasteiger partial charge is 0.354 e. The number of piperidine rings is 1. The predicted molar refractivity (Wildman–Crippen MR) is 111 cm³/mol. The summed E-state index contributed by atoms with van der Waals surface area (Å²) in [5.74, 6) is -0.372. The first-order valence-corrected chi connectivity index (χ1v) is 10.8. The number of nitrogens with one attached hydrogen (secondary N) is 3. The number of thiophene rings is 1. The maximum atomic E-state index is 12.7. The van der Waals surface area contributed by atoms with E-state index in [1.807, 2.05) is 39.1 Å². The van der Waals surface area contributed by atoms with Gasteiger partial charge in [0.25, 0.3) is 5.91 Å². The average Bonchev–Trinajstić information content (AvgIpc) is 3.17. The van der Waals surface area contributed by atoms with Gasteiger partial charge < -0.3 is 20.9 Å². The number of urea groups is 1. The fourth-order valence-electron chi connectivity index (χ4n) is 3.21. The molecule has 7 nitrogen and oxygen atoms in total. The van der Waals surface area contributed by atoms with Crippen molar-refractivity contribution >= 4 is 29.2 Å². The SMILES string of the molecule is CCCNC(=O)[C@@H](NC(=O)c1cccs1)C1CCN(C(=O)NC(C)(C)C)CC1. The molecule has 0 radical (unpaired) electrons. The Morgan fingerprint density at radius 2 is 1.93 bits per heavy atom. The highest BCUT2D eigenvalue weighted by Crippen LogP contribution is 2.22. The van der Waals surface area contributed by atoms with Crippen molar-refractivity contribution in [3.8, 4) is 0 Å². The van der Waals surface area contributed by atoms with Crippen LogP contribution in [0.1, 0.15) is 56.6 Å². The van der Waals surface area contributed by atoms with E-state index in [0.717, 1.165) is 6.42 Å². The Balaban J connectivity index is 2.00. The average molecular weight is 409 g/mol. The van der Waals surface area contributed by atoms with Gasteiger partial charge in [-0.1, -0.05) is 13.0 Å². The van der Waals surface area contributed by atoms with Crippen molar-refractivity contribution < 1.29 is 14.4 Å². The molecule has 28 heavy (non-hydrogen) atoms. The van der Waals surface area contributed by atoms with Gasteiger partial charge in [0.2, 0.25) is 5.91 Å². The van der Waals surface area contributed by atoms with Crippen LogP contribution in [0, 0.1) is 5.92 Å². The number of hydrogen-bond donors (Lipinski definition) is 3. The smallest absolute Gasteiger partial charge is 0.317 e. The van der Waals surface area contributed by atoms with Crippen molar-refractivity contribution in [3.63, 3.8) is 0 Å². The van der Waals surface area contributed by atoms with Crippen molar-refractivity contribution in [1.82, 2.24) is 20.9 Å². The second kappa shape index (κ2) is 9.91. The van der Waals surface area contributed by atoms with Crippen molar-refractivity contribution in [1.29, 1.82) is 0 Å². The molecule has 1 fully saturated rings. The first kappa shape index (κ1) is 22.2. The lowest BCUT2D eigenvalue weighted by Gasteiger charge is -2.37. The summed E-state index contributed by atoms with van der Waals surface area (Å²) < 4.78 is 0. The molecule has 1 aromatic heterocycles. The maximum absolute atomic E-state index is 12.7. The third kappa shape index (κ3) is 6.51. The Bertz CT molecular complexity index is 661. The quantitative estimate of drug-likeness (QED) is 0.676. The zero-order valence-corrected chi connectivity index (χ0v) is 18.0. The second-order valence-corrected chi connectivity index (χ2v) is 9.17. The van der Waals surface area contributed by atoms with E-state index >= 15 is 0 Å². The van der Waals surface area contributed by atoms with Crippen LogP contribution in [0.15, 0.2) is 17.5 Å². The van der Waals surface area contributed by atoms with Crippen LogP contribution in [0.25, 0.3) is 0 Å². The molecule has 1 aliphatic rings. The Morgan fingerprint density at radius 3 is 2.46 bits per heavy atom. The van der Waals surface area contributed by atoms with Crippen LogP contribution in [0.4, 0.5) is 4.79 Å². The molecule has 0 aliphatic carbocycles. The lowest BCUT2D eigenvalue weighted by atomic mass is 9.88. The number of likely N-dealkylation sites (tertiary alicyclic amines) is 1. The van der Waals surface area contributed by atoms with Gasteiger partial charge in [0.05, 0.1) is 4.88 Å². The maximum Gasteiger partial charge on any atom is 0.317 e. The normalized spacial score (nSPS) is 16.4. The molecule has 0 spiro atoms. The zero-order chi connectivity index (χ0) is 20.7. The van der Waals surface area contributed by atoms with Crippen LogP contribution in [0.2, 0.25) is 0 Å². The van der Waals surface area contributed by atoms with E-state index in [9.17, 15) is 14.4 Å². The summed E-state index contributed by atoms with van der Waals surface area (Å²) in [6, 6.07) is 2.90. The molecule has 8 heteroatoms. The zero-order valence-electron chi connectivity index (χ0n) is 17.2. The fraction of sp³-hybridized carbons (Fsp3) is 0.650. The molecule has 0 aromatic carbocycles. The van der Waals surface area contributed by atoms with Gasteiger partial charge in [-0.05, 0) is 57.4 Å². The van der Waals surface area contributed by atoms with Crippen molar-refractivity contribution in [2.45, 2.75) is 58.5 Å². The van der Waals surface area contributed by atoms with Gasteiger partial charge in [-0.3, -0.25) is 9.59 Å². The highest BCUT2D eigenvalue weighted by molar-refractivity contribution is 7.12. The predicted octanol–water partition coefficient (Wildman–Crippen LogP) is 2.59. The van der Waals surface area contributed by atoms with Crippen molar-refractivity contribution in [2.75, 3.05) is 19.6 Å². The molecule has 2 heterocycles. The molecule has 156 valence electrons. The number of hydrogen-bond acceptors (Lipinski definition) is 4. The summed E-state index contributed by atoms with van der Waals surface area (Å²) in [5, 5.41) is 10.6. The van der Waals surface area contributed by atoms with Crippen molar-refractivity contribution in [3.05, 3.63) is 22.4 Å². The molecule has 2 rings (SSSR count). The first-order valence-electron chi connectivity index (χ1n) is 9.90. The molecule has 1 saturated heterocycles. The third-order valence-electron chi connectivity index (χ3n) is 4.64. The summed E-state index contributed by atoms with van der Waals surface area (Å²) in [6.07, 6.45) is 2.18. The summed E-state index contributed by atoms with van der Waals surface area (Å²) in [5.41, 5.74) is -0.287. The van der Waals surface area contributed by atoms with Crippen LogP contribution in [-0.4, -0.2) is 54.0 Å². The molecule has 1 aliphatic heterocycles. The number of rotatable bonds is 6. The van der Waals surface area contributed by atoms with Gasteiger partial charge in [-0.15, -0.1) is 11.3 Å². The minimum absolute atomic E-state index is 0.000505. The van der Waals surface area contributed by atoms with E-state index in [0.29, 0.717) is 37.4 Å². The van der Waals surface area contributed by atoms with E-state index in [2.05, 4.69) is 16.0 Å². The fourth-order valence-corrected chi connectivity index (χ4v) is 3.84. The van der Waals surface area contributed by atoms with Crippen LogP contribution >= 0.6 is 11.3 Å². The lowest BCUT2D eigenvalue weighted by Crippen LogP contribution is -2.55. The first-order chi connectivity index (χ1) is 13.2. The highest BCUT2D eigenvalue weighted by atomic mass is 32.1. The Kier molecular flexibility index (Phi) is 7.86. The number of carbonyl (C=O) groups excluding carboxylic acids is 3. The van der Waals surface area contributed by atoms with Crippen LogP contribution in [0.3, 0.4) is 0 Å². The van der Waals surface area contributed by atoms with E-state index in [1.165, 1.54) is 11.3 Å². The van der Waals surface area contributed by atoms with E-state index in [4.69, 9.17) is 0 Å². The van der Waals surface area contributed by atoms with Gasteiger partial charge in [0, 0.05) is 25.2 Å². The molecule has 4 amide bonds. The van der Waals surface area contributed by atoms with Crippen LogP contribution < -0.4 is 16.0 Å². The molecule has 3 N–H and O–H groups in total. The molecule has 0 unspecified atom stereocenters. The van der Waals surface area contributed by atoms with Gasteiger partial charge in [-0.25, -0.2) is 4.79 Å². The molecular weight excluding hydrogens is 376 g/mol. The number of amides is 4. The third-order valence-corrected chi connectivity index (χ3v) is 5.51. The van der Waals surface area contributed by atoms with Gasteiger partial charge in [-0.2, -0.15) is 0 Å². The second-order valence-electron chi connectivity index (χ2n) is 8.22. The van der Waals surface area contributed by atoms with Gasteiger partial charge >= 0.3 is 6.03 Å². The molecular formula is C20H32N4O3S. The Hall–Kier alpha value is -2.09. The highest BCUT2D eigenvalue weighted by Gasteiger charge is 2.34.